The summed E-state index contributed by atoms with van der Waals surface area (Å²) in [7, 11) is -3.48. The Kier molecular flexibility index (Phi) is 6.93. The summed E-state index contributed by atoms with van der Waals surface area (Å²) in [5, 5.41) is 0.637. The van der Waals surface area contributed by atoms with Crippen molar-refractivity contribution in [2.45, 2.75) is 30.6 Å². The number of halogens is 1. The predicted molar refractivity (Wildman–Crippen MR) is 110 cm³/mol. The lowest BCUT2D eigenvalue weighted by atomic mass is 9.82. The van der Waals surface area contributed by atoms with Gasteiger partial charge in [-0.15, -0.1) is 0 Å². The molecule has 0 radical (unpaired) electrons. The van der Waals surface area contributed by atoms with E-state index in [9.17, 15) is 13.2 Å². The van der Waals surface area contributed by atoms with Crippen molar-refractivity contribution < 1.29 is 13.2 Å². The van der Waals surface area contributed by atoms with Crippen molar-refractivity contribution in [1.82, 2.24) is 10.1 Å². The Hall–Kier alpha value is -2.09. The highest BCUT2D eigenvalue weighted by Gasteiger charge is 2.27. The van der Waals surface area contributed by atoms with E-state index >= 15 is 0 Å². The first-order valence-corrected chi connectivity index (χ1v) is 11.2. The van der Waals surface area contributed by atoms with E-state index < -0.39 is 10.0 Å². The summed E-state index contributed by atoms with van der Waals surface area (Å²) in [4.78, 5) is 12.6. The van der Waals surface area contributed by atoms with Crippen LogP contribution in [0, 0.1) is 11.8 Å². The molecule has 1 aliphatic carbocycles. The molecular formula is C20H24ClN3O3S. The molecular weight excluding hydrogens is 398 g/mol. The minimum absolute atomic E-state index is 0.0433. The Labute approximate surface area is 170 Å². The number of carbonyl (C=O) groups excluding carboxylic acids is 1. The second-order valence-electron chi connectivity index (χ2n) is 7.00. The lowest BCUT2D eigenvalue weighted by Crippen LogP contribution is -2.38. The molecule has 1 aliphatic rings. The first kappa shape index (κ1) is 20.6. The summed E-state index contributed by atoms with van der Waals surface area (Å²) < 4.78 is 27.3. The molecule has 1 fully saturated rings. The fraction of sp³-hybridized carbons (Fsp3) is 0.350. The highest BCUT2D eigenvalue weighted by atomic mass is 35.5. The Morgan fingerprint density at radius 3 is 2.25 bits per heavy atom. The van der Waals surface area contributed by atoms with Crippen LogP contribution in [0.4, 0.5) is 5.69 Å². The molecule has 1 saturated carbocycles. The van der Waals surface area contributed by atoms with Crippen LogP contribution in [0.15, 0.2) is 59.5 Å². The van der Waals surface area contributed by atoms with E-state index in [-0.39, 0.29) is 22.6 Å². The Morgan fingerprint density at radius 2 is 1.61 bits per heavy atom. The molecule has 1 amide bonds. The van der Waals surface area contributed by atoms with Crippen LogP contribution in [-0.4, -0.2) is 20.9 Å². The van der Waals surface area contributed by atoms with Gasteiger partial charge in [0.05, 0.1) is 10.6 Å². The van der Waals surface area contributed by atoms with Gasteiger partial charge in [0.25, 0.3) is 0 Å². The molecule has 0 spiro atoms. The number of carbonyl (C=O) groups is 1. The molecule has 3 rings (SSSR count). The summed E-state index contributed by atoms with van der Waals surface area (Å²) in [5.41, 5.74) is 6.40. The van der Waals surface area contributed by atoms with Crippen LogP contribution < -0.4 is 15.6 Å². The van der Waals surface area contributed by atoms with E-state index in [0.29, 0.717) is 11.6 Å². The molecule has 6 nitrogen and oxygen atoms in total. The van der Waals surface area contributed by atoms with Crippen LogP contribution in [0.5, 0.6) is 0 Å². The fourth-order valence-electron chi connectivity index (χ4n) is 3.31. The van der Waals surface area contributed by atoms with Gasteiger partial charge in [-0.25, -0.2) is 13.1 Å². The first-order chi connectivity index (χ1) is 13.4. The fourth-order valence-corrected chi connectivity index (χ4v) is 4.57. The van der Waals surface area contributed by atoms with E-state index in [1.165, 1.54) is 0 Å². The van der Waals surface area contributed by atoms with Crippen LogP contribution in [-0.2, 0) is 14.8 Å². The molecule has 28 heavy (non-hydrogen) atoms. The Bertz CT molecular complexity index is 881. The molecule has 0 bridgehead atoms. The van der Waals surface area contributed by atoms with E-state index in [4.69, 9.17) is 11.6 Å². The van der Waals surface area contributed by atoms with Crippen molar-refractivity contribution in [3.8, 4) is 0 Å². The highest BCUT2D eigenvalue weighted by molar-refractivity contribution is 7.89. The lowest BCUT2D eigenvalue weighted by molar-refractivity contribution is -0.125. The SMILES string of the molecule is O=C(NNc1ccc(Cl)cc1)C1CCC(CNS(=O)(=O)c2ccccc2)CC1. The Morgan fingerprint density at radius 1 is 0.964 bits per heavy atom. The smallest absolute Gasteiger partial charge is 0.241 e. The summed E-state index contributed by atoms with van der Waals surface area (Å²) in [6.45, 7) is 0.397. The second kappa shape index (κ2) is 9.41. The van der Waals surface area contributed by atoms with Gasteiger partial charge in [-0.2, -0.15) is 0 Å². The van der Waals surface area contributed by atoms with Crippen molar-refractivity contribution in [3.63, 3.8) is 0 Å². The number of nitrogens with one attached hydrogen (secondary N) is 3. The molecule has 2 aromatic rings. The van der Waals surface area contributed by atoms with Gasteiger partial charge in [0.1, 0.15) is 0 Å². The van der Waals surface area contributed by atoms with Gasteiger partial charge in [0.15, 0.2) is 0 Å². The normalized spacial score (nSPS) is 19.8. The predicted octanol–water partition coefficient (Wildman–Crippen LogP) is 3.57. The molecule has 0 heterocycles. The minimum Gasteiger partial charge on any atom is -0.299 e. The van der Waals surface area contributed by atoms with Gasteiger partial charge in [0.2, 0.25) is 15.9 Å². The minimum atomic E-state index is -3.48. The topological polar surface area (TPSA) is 87.3 Å². The Balaban J connectivity index is 1.41. The largest absolute Gasteiger partial charge is 0.299 e. The molecule has 3 N–H and O–H groups in total. The van der Waals surface area contributed by atoms with Gasteiger partial charge < -0.3 is 0 Å². The molecule has 2 aromatic carbocycles. The zero-order valence-corrected chi connectivity index (χ0v) is 17.0. The summed E-state index contributed by atoms with van der Waals surface area (Å²) in [6.07, 6.45) is 3.12. The van der Waals surface area contributed by atoms with Crippen LogP contribution in [0.25, 0.3) is 0 Å². The van der Waals surface area contributed by atoms with E-state index in [1.807, 2.05) is 0 Å². The van der Waals surface area contributed by atoms with Crippen LogP contribution >= 0.6 is 11.6 Å². The molecule has 0 saturated heterocycles. The number of amides is 1. The summed E-state index contributed by atoms with van der Waals surface area (Å²) in [6, 6.07) is 15.4. The zero-order chi connectivity index (χ0) is 20.0. The maximum atomic E-state index is 12.3. The molecule has 150 valence electrons. The molecule has 0 unspecified atom stereocenters. The maximum Gasteiger partial charge on any atom is 0.241 e. The van der Waals surface area contributed by atoms with Gasteiger partial charge in [-0.1, -0.05) is 29.8 Å². The van der Waals surface area contributed by atoms with Gasteiger partial charge in [-0.05, 0) is 68.0 Å². The van der Waals surface area contributed by atoms with Crippen LogP contribution in [0.1, 0.15) is 25.7 Å². The summed E-state index contributed by atoms with van der Waals surface area (Å²) >= 11 is 5.84. The number of hydrogen-bond acceptors (Lipinski definition) is 4. The number of hydrogen-bond donors (Lipinski definition) is 3. The van der Waals surface area contributed by atoms with Crippen molar-refractivity contribution >= 4 is 33.2 Å². The number of anilines is 1. The molecule has 8 heteroatoms. The number of benzene rings is 2. The van der Waals surface area contributed by atoms with Crippen molar-refractivity contribution in [2.75, 3.05) is 12.0 Å². The van der Waals surface area contributed by atoms with E-state index in [0.717, 1.165) is 31.4 Å². The van der Waals surface area contributed by atoms with Crippen molar-refractivity contribution in [1.29, 1.82) is 0 Å². The maximum absolute atomic E-state index is 12.3. The first-order valence-electron chi connectivity index (χ1n) is 9.30. The standard InChI is InChI=1S/C20H24ClN3O3S/c21-17-10-12-18(13-11-17)23-24-20(25)16-8-6-15(7-9-16)14-22-28(26,27)19-4-2-1-3-5-19/h1-5,10-13,15-16,22-23H,6-9,14H2,(H,24,25). The third-order valence-corrected chi connectivity index (χ3v) is 6.70. The van der Waals surface area contributed by atoms with Crippen molar-refractivity contribution in [3.05, 3.63) is 59.6 Å². The number of hydrazine groups is 1. The second-order valence-corrected chi connectivity index (χ2v) is 9.21. The van der Waals surface area contributed by atoms with E-state index in [1.54, 1.807) is 54.6 Å². The molecule has 0 atom stereocenters. The average Bonchev–Trinajstić information content (AvgIpc) is 2.73. The molecule has 0 aliphatic heterocycles. The number of rotatable bonds is 7. The highest BCUT2D eigenvalue weighted by Crippen LogP contribution is 2.29. The van der Waals surface area contributed by atoms with Gasteiger partial charge >= 0.3 is 0 Å². The van der Waals surface area contributed by atoms with Crippen LogP contribution in [0.3, 0.4) is 0 Å². The zero-order valence-electron chi connectivity index (χ0n) is 15.4. The average molecular weight is 422 g/mol. The quantitative estimate of drug-likeness (QED) is 0.596. The monoisotopic (exact) mass is 421 g/mol. The van der Waals surface area contributed by atoms with Crippen LogP contribution in [0.2, 0.25) is 5.02 Å². The summed E-state index contributed by atoms with van der Waals surface area (Å²) in [5.74, 6) is 0.131. The third kappa shape index (κ3) is 5.70. The van der Waals surface area contributed by atoms with E-state index in [2.05, 4.69) is 15.6 Å². The van der Waals surface area contributed by atoms with Gasteiger partial charge in [0, 0.05) is 17.5 Å². The lowest BCUT2D eigenvalue weighted by Gasteiger charge is -2.28. The van der Waals surface area contributed by atoms with Crippen molar-refractivity contribution in [2.24, 2.45) is 11.8 Å². The van der Waals surface area contributed by atoms with Gasteiger partial charge in [-0.3, -0.25) is 15.6 Å². The third-order valence-electron chi connectivity index (χ3n) is 5.01. The number of sulfonamides is 1. The molecule has 0 aromatic heterocycles.